The summed E-state index contributed by atoms with van der Waals surface area (Å²) >= 11 is 13.6. The van der Waals surface area contributed by atoms with E-state index in [1.807, 2.05) is 74.5 Å². The molecule has 1 saturated heterocycles. The zero-order valence-corrected chi connectivity index (χ0v) is 34.0. The van der Waals surface area contributed by atoms with Crippen molar-refractivity contribution in [2.75, 3.05) is 31.1 Å². The number of hydrogen-bond donors (Lipinski definition) is 1. The summed E-state index contributed by atoms with van der Waals surface area (Å²) in [6.07, 6.45) is 4.34. The lowest BCUT2D eigenvalue weighted by Gasteiger charge is -2.22. The molecule has 0 unspecified atom stereocenters. The number of rotatable bonds is 10. The second-order valence-corrected chi connectivity index (χ2v) is 16.0. The van der Waals surface area contributed by atoms with Crippen molar-refractivity contribution in [2.24, 2.45) is 7.05 Å². The van der Waals surface area contributed by atoms with Gasteiger partial charge in [-0.15, -0.1) is 0 Å². The number of hydrogen-bond acceptors (Lipinski definition) is 6. The van der Waals surface area contributed by atoms with Crippen LogP contribution in [-0.2, 0) is 26.6 Å². The van der Waals surface area contributed by atoms with Crippen molar-refractivity contribution in [3.05, 3.63) is 104 Å². The number of anilines is 1. The number of carboxylic acid groups (broad SMARTS) is 1. The Bertz CT molecular complexity index is 2500. The van der Waals surface area contributed by atoms with Gasteiger partial charge >= 0.3 is 5.97 Å². The Labute approximate surface area is 336 Å². The average Bonchev–Trinajstić information content (AvgIpc) is 3.84. The predicted molar refractivity (Wildman–Crippen MR) is 223 cm³/mol. The van der Waals surface area contributed by atoms with Gasteiger partial charge in [0.25, 0.3) is 5.91 Å². The van der Waals surface area contributed by atoms with E-state index in [1.165, 1.54) is 12.8 Å². The second-order valence-electron chi connectivity index (χ2n) is 15.2. The van der Waals surface area contributed by atoms with Crippen LogP contribution in [0.2, 0.25) is 10.0 Å². The fourth-order valence-electron chi connectivity index (χ4n) is 8.80. The highest BCUT2D eigenvalue weighted by Gasteiger charge is 2.33. The van der Waals surface area contributed by atoms with E-state index in [1.54, 1.807) is 18.2 Å². The lowest BCUT2D eigenvalue weighted by atomic mass is 9.97. The Kier molecular flexibility index (Phi) is 10.3. The van der Waals surface area contributed by atoms with E-state index in [-0.39, 0.29) is 11.5 Å². The molecule has 6 aromatic rings. The van der Waals surface area contributed by atoms with Crippen LogP contribution in [0.1, 0.15) is 80.4 Å². The minimum atomic E-state index is -0.991. The second kappa shape index (κ2) is 15.2. The van der Waals surface area contributed by atoms with Crippen LogP contribution in [0.5, 0.6) is 5.75 Å². The van der Waals surface area contributed by atoms with E-state index in [9.17, 15) is 9.90 Å². The summed E-state index contributed by atoms with van der Waals surface area (Å²) in [5.41, 5.74) is 8.91. The predicted octanol–water partition coefficient (Wildman–Crippen LogP) is 9.49. The maximum Gasteiger partial charge on any atom is 0.335 e. The Hall–Kier alpha value is -4.90. The first-order chi connectivity index (χ1) is 26.9. The maximum atomic E-state index is 15.2. The highest BCUT2D eigenvalue weighted by molar-refractivity contribution is 6.35. The van der Waals surface area contributed by atoms with Crippen molar-refractivity contribution >= 4 is 62.7 Å². The SMILES string of the molecule is Cc1cc(OCCCc2c3n(c4c(-c5c(C)nc(CN6CCCC6)nc5C)c(Cl)ccc24)CCCN(c2cc4cc(C(=O)O)ccc4n2C)C3=O)cc(C)c1Cl. The molecule has 1 amide bonds. The van der Waals surface area contributed by atoms with Crippen molar-refractivity contribution in [1.29, 1.82) is 0 Å². The summed E-state index contributed by atoms with van der Waals surface area (Å²) in [6.45, 7) is 12.4. The number of likely N-dealkylation sites (tertiary alicyclic amines) is 1. The summed E-state index contributed by atoms with van der Waals surface area (Å²) in [4.78, 5) is 41.2. The molecule has 0 bridgehead atoms. The molecule has 0 saturated carbocycles. The fourth-order valence-corrected chi connectivity index (χ4v) is 9.16. The number of halogens is 2. The van der Waals surface area contributed by atoms with Gasteiger partial charge < -0.3 is 19.0 Å². The largest absolute Gasteiger partial charge is 0.494 e. The number of amides is 1. The van der Waals surface area contributed by atoms with Crippen molar-refractivity contribution < 1.29 is 19.4 Å². The van der Waals surface area contributed by atoms with Crippen LogP contribution in [0.4, 0.5) is 5.82 Å². The van der Waals surface area contributed by atoms with Crippen LogP contribution >= 0.6 is 23.2 Å². The van der Waals surface area contributed by atoms with Gasteiger partial charge in [0, 0.05) is 64.0 Å². The minimum absolute atomic E-state index is 0.115. The average molecular weight is 794 g/mol. The third-order valence-corrected chi connectivity index (χ3v) is 12.3. The lowest BCUT2D eigenvalue weighted by molar-refractivity contribution is 0.0696. The fraction of sp³-hybridized carbons (Fsp3) is 0.364. The molecule has 3 aromatic carbocycles. The standard InChI is InChI=1S/C44H46Cl2N6O4/c1-25-20-31(21-26(2)40(25)46)56-19-8-10-32-33-12-13-34(45)39(38-27(3)47-36(48-28(38)4)24-50-15-6-7-16-50)41(33)52-18-9-17-51(43(53)42(32)52)37-23-30-22-29(44(54)55)11-14-35(30)49(37)5/h11-14,20-23H,6-10,15-19,24H2,1-5H3,(H,54,55). The third-order valence-electron chi connectivity index (χ3n) is 11.4. The molecule has 0 aliphatic carbocycles. The smallest absolute Gasteiger partial charge is 0.335 e. The number of carbonyl (C=O) groups is 2. The van der Waals surface area contributed by atoms with Gasteiger partial charge in [0.05, 0.1) is 29.3 Å². The normalized spacial score (nSPS) is 14.9. The number of aryl methyl sites for hydroxylation is 7. The molecule has 56 heavy (non-hydrogen) atoms. The Morgan fingerprint density at radius 2 is 1.59 bits per heavy atom. The van der Waals surface area contributed by atoms with Gasteiger partial charge in [0.15, 0.2) is 0 Å². The summed E-state index contributed by atoms with van der Waals surface area (Å²) in [5.74, 6) is 1.18. The van der Waals surface area contributed by atoms with Gasteiger partial charge in [-0.1, -0.05) is 29.3 Å². The van der Waals surface area contributed by atoms with Crippen molar-refractivity contribution in [3.8, 4) is 16.9 Å². The van der Waals surface area contributed by atoms with E-state index in [0.717, 1.165) is 97.2 Å². The van der Waals surface area contributed by atoms with Gasteiger partial charge in [0.2, 0.25) is 0 Å². The lowest BCUT2D eigenvalue weighted by Crippen LogP contribution is -2.33. The monoisotopic (exact) mass is 792 g/mol. The molecule has 1 fully saturated rings. The van der Waals surface area contributed by atoms with E-state index in [0.29, 0.717) is 55.5 Å². The van der Waals surface area contributed by atoms with E-state index < -0.39 is 5.97 Å². The molecule has 0 atom stereocenters. The number of carboxylic acids is 1. The van der Waals surface area contributed by atoms with Crippen LogP contribution < -0.4 is 9.64 Å². The molecule has 0 spiro atoms. The first kappa shape index (κ1) is 38.0. The van der Waals surface area contributed by atoms with Crippen molar-refractivity contribution in [1.82, 2.24) is 24.0 Å². The third kappa shape index (κ3) is 6.82. The Morgan fingerprint density at radius 1 is 0.875 bits per heavy atom. The summed E-state index contributed by atoms with van der Waals surface area (Å²) in [5, 5.41) is 12.7. The molecule has 2 aliphatic heterocycles. The minimum Gasteiger partial charge on any atom is -0.494 e. The molecule has 2 aliphatic rings. The van der Waals surface area contributed by atoms with Crippen LogP contribution in [0.15, 0.2) is 48.5 Å². The molecule has 3 aromatic heterocycles. The van der Waals surface area contributed by atoms with Crippen LogP contribution in [0.25, 0.3) is 32.9 Å². The number of aromatic nitrogens is 4. The summed E-state index contributed by atoms with van der Waals surface area (Å²) < 4.78 is 10.4. The van der Waals surface area contributed by atoms with Crippen molar-refractivity contribution in [3.63, 3.8) is 0 Å². The van der Waals surface area contributed by atoms with Crippen LogP contribution in [-0.4, -0.2) is 67.2 Å². The number of benzene rings is 3. The molecule has 5 heterocycles. The molecule has 12 heteroatoms. The first-order valence-corrected chi connectivity index (χ1v) is 20.1. The highest BCUT2D eigenvalue weighted by Crippen LogP contribution is 2.43. The molecule has 290 valence electrons. The quantitative estimate of drug-likeness (QED) is 0.138. The van der Waals surface area contributed by atoms with Gasteiger partial charge in [-0.2, -0.15) is 0 Å². The van der Waals surface area contributed by atoms with E-state index in [2.05, 4.69) is 9.47 Å². The number of carbonyl (C=O) groups excluding carboxylic acids is 1. The molecule has 1 N–H and O–H groups in total. The number of fused-ring (bicyclic) bond motifs is 4. The van der Waals surface area contributed by atoms with Gasteiger partial charge in [-0.05, 0) is 132 Å². The van der Waals surface area contributed by atoms with Gasteiger partial charge in [-0.3, -0.25) is 14.6 Å². The van der Waals surface area contributed by atoms with Gasteiger partial charge in [0.1, 0.15) is 23.1 Å². The summed E-state index contributed by atoms with van der Waals surface area (Å²) in [6, 6.07) is 14.9. The molecule has 8 rings (SSSR count). The molecular weight excluding hydrogens is 747 g/mol. The highest BCUT2D eigenvalue weighted by atomic mass is 35.5. The zero-order chi connectivity index (χ0) is 39.4. The Balaban J connectivity index is 1.24. The first-order valence-electron chi connectivity index (χ1n) is 19.4. The van der Waals surface area contributed by atoms with E-state index in [4.69, 9.17) is 37.9 Å². The van der Waals surface area contributed by atoms with Crippen molar-refractivity contribution in [2.45, 2.75) is 72.9 Å². The Morgan fingerprint density at radius 3 is 2.29 bits per heavy atom. The van der Waals surface area contributed by atoms with E-state index >= 15 is 4.79 Å². The molecule has 0 radical (unpaired) electrons. The summed E-state index contributed by atoms with van der Waals surface area (Å²) in [7, 11) is 1.92. The zero-order valence-electron chi connectivity index (χ0n) is 32.5. The molecular formula is C44H46Cl2N6O4. The number of nitrogens with zero attached hydrogens (tertiary/aromatic N) is 6. The molecule has 10 nitrogen and oxygen atoms in total. The van der Waals surface area contributed by atoms with Gasteiger partial charge in [-0.25, -0.2) is 14.8 Å². The number of aromatic carboxylic acids is 1. The topological polar surface area (TPSA) is 106 Å². The maximum absolute atomic E-state index is 15.2. The number of ether oxygens (including phenoxy) is 1. The van der Waals surface area contributed by atoms with Crippen LogP contribution in [0.3, 0.4) is 0 Å². The van der Waals surface area contributed by atoms with Crippen LogP contribution in [0, 0.1) is 27.7 Å².